The van der Waals surface area contributed by atoms with Gasteiger partial charge >= 0.3 is 0 Å². The number of halogens is 1. The summed E-state index contributed by atoms with van der Waals surface area (Å²) in [6.45, 7) is 7.06. The molecule has 2 aliphatic rings. The monoisotopic (exact) mass is 394 g/mol. The summed E-state index contributed by atoms with van der Waals surface area (Å²) in [5.41, 5.74) is 0.916. The molecule has 1 N–H and O–H groups in total. The predicted molar refractivity (Wildman–Crippen MR) is 104 cm³/mol. The van der Waals surface area contributed by atoms with Crippen LogP contribution in [0.4, 0.5) is 0 Å². The van der Waals surface area contributed by atoms with Gasteiger partial charge in [0, 0.05) is 50.8 Å². The number of carbonyl (C=O) groups is 2. The molecule has 1 aromatic carbocycles. The summed E-state index contributed by atoms with van der Waals surface area (Å²) in [6.07, 6.45) is 0. The molecule has 7 nitrogen and oxygen atoms in total. The van der Waals surface area contributed by atoms with E-state index in [-0.39, 0.29) is 11.8 Å². The molecular formula is C19H27ClN4O3. The molecule has 0 spiro atoms. The molecule has 1 aromatic rings. The molecule has 2 aliphatic heterocycles. The van der Waals surface area contributed by atoms with Gasteiger partial charge in [-0.05, 0) is 11.6 Å². The van der Waals surface area contributed by atoms with Crippen LogP contribution in [0.2, 0.25) is 5.02 Å². The maximum Gasteiger partial charge on any atom is 0.236 e. The molecular weight excluding hydrogens is 368 g/mol. The minimum Gasteiger partial charge on any atom is -0.378 e. The molecule has 0 bridgehead atoms. The Hall–Kier alpha value is -1.67. The zero-order chi connectivity index (χ0) is 19.1. The Morgan fingerprint density at radius 1 is 0.963 bits per heavy atom. The van der Waals surface area contributed by atoms with E-state index in [9.17, 15) is 9.59 Å². The standard InChI is InChI=1S/C19H27ClN4O3/c20-17-4-2-1-3-16(17)13-21-18(25)14-22-5-7-23(8-6-22)15-19(26)24-9-11-27-12-10-24/h1-4H,5-15H2,(H,21,25). The largest absolute Gasteiger partial charge is 0.378 e. The van der Waals surface area contributed by atoms with Crippen LogP contribution in [0.3, 0.4) is 0 Å². The highest BCUT2D eigenvalue weighted by molar-refractivity contribution is 6.31. The molecule has 27 heavy (non-hydrogen) atoms. The Kier molecular flexibility index (Phi) is 7.46. The highest BCUT2D eigenvalue weighted by atomic mass is 35.5. The lowest BCUT2D eigenvalue weighted by molar-refractivity contribution is -0.137. The van der Waals surface area contributed by atoms with Gasteiger partial charge in [0.25, 0.3) is 0 Å². The number of amides is 2. The third-order valence-corrected chi connectivity index (χ3v) is 5.36. The zero-order valence-corrected chi connectivity index (χ0v) is 16.3. The normalized spacial score (nSPS) is 19.1. The van der Waals surface area contributed by atoms with Gasteiger partial charge in [-0.25, -0.2) is 0 Å². The van der Waals surface area contributed by atoms with Crippen molar-refractivity contribution in [2.75, 3.05) is 65.6 Å². The van der Waals surface area contributed by atoms with Crippen LogP contribution in [0.5, 0.6) is 0 Å². The molecule has 0 atom stereocenters. The van der Waals surface area contributed by atoms with Gasteiger partial charge in [-0.3, -0.25) is 19.4 Å². The smallest absolute Gasteiger partial charge is 0.236 e. The highest BCUT2D eigenvalue weighted by Crippen LogP contribution is 2.14. The van der Waals surface area contributed by atoms with Crippen LogP contribution in [-0.4, -0.2) is 92.1 Å². The van der Waals surface area contributed by atoms with E-state index < -0.39 is 0 Å². The molecule has 2 fully saturated rings. The molecule has 2 heterocycles. The molecule has 8 heteroatoms. The highest BCUT2D eigenvalue weighted by Gasteiger charge is 2.23. The number of hydrogen-bond acceptors (Lipinski definition) is 5. The molecule has 3 rings (SSSR count). The SMILES string of the molecule is O=C(CN1CCN(CC(=O)N2CCOCC2)CC1)NCc1ccccc1Cl. The number of morpholine rings is 1. The predicted octanol–water partition coefficient (Wildman–Crippen LogP) is 0.433. The summed E-state index contributed by atoms with van der Waals surface area (Å²) in [5, 5.41) is 3.59. The Labute approximate surface area is 165 Å². The fraction of sp³-hybridized carbons (Fsp3) is 0.579. The van der Waals surface area contributed by atoms with Crippen molar-refractivity contribution in [3.8, 4) is 0 Å². The van der Waals surface area contributed by atoms with Crippen molar-refractivity contribution in [2.45, 2.75) is 6.54 Å². The van der Waals surface area contributed by atoms with Gasteiger partial charge in [0.15, 0.2) is 0 Å². The fourth-order valence-electron chi connectivity index (χ4n) is 3.30. The summed E-state index contributed by atoms with van der Waals surface area (Å²) in [6, 6.07) is 7.51. The van der Waals surface area contributed by atoms with E-state index >= 15 is 0 Å². The summed E-state index contributed by atoms with van der Waals surface area (Å²) in [4.78, 5) is 30.7. The Morgan fingerprint density at radius 3 is 2.26 bits per heavy atom. The van der Waals surface area contributed by atoms with Crippen LogP contribution in [0.15, 0.2) is 24.3 Å². The quantitative estimate of drug-likeness (QED) is 0.758. The summed E-state index contributed by atoms with van der Waals surface area (Å²) in [5.74, 6) is 0.164. The molecule has 0 saturated carbocycles. The molecule has 148 valence electrons. The number of nitrogens with one attached hydrogen (secondary N) is 1. The Balaban J connectivity index is 1.34. The molecule has 2 saturated heterocycles. The molecule has 0 radical (unpaired) electrons. The number of ether oxygens (including phenoxy) is 1. The number of rotatable bonds is 6. The van der Waals surface area contributed by atoms with Gasteiger partial charge in [-0.15, -0.1) is 0 Å². The maximum absolute atomic E-state index is 12.3. The van der Waals surface area contributed by atoms with Gasteiger partial charge in [-0.1, -0.05) is 29.8 Å². The lowest BCUT2D eigenvalue weighted by atomic mass is 10.2. The lowest BCUT2D eigenvalue weighted by Gasteiger charge is -2.35. The van der Waals surface area contributed by atoms with Gasteiger partial charge in [0.05, 0.1) is 26.3 Å². The van der Waals surface area contributed by atoms with E-state index in [4.69, 9.17) is 16.3 Å². The van der Waals surface area contributed by atoms with E-state index in [2.05, 4.69) is 15.1 Å². The van der Waals surface area contributed by atoms with Gasteiger partial charge in [-0.2, -0.15) is 0 Å². The van der Waals surface area contributed by atoms with Gasteiger partial charge in [0.2, 0.25) is 11.8 Å². The number of carbonyl (C=O) groups excluding carboxylic acids is 2. The van der Waals surface area contributed by atoms with Crippen LogP contribution in [0.25, 0.3) is 0 Å². The number of benzene rings is 1. The lowest BCUT2D eigenvalue weighted by Crippen LogP contribution is -2.52. The summed E-state index contributed by atoms with van der Waals surface area (Å²) < 4.78 is 5.29. The number of nitrogens with zero attached hydrogens (tertiary/aromatic N) is 3. The van der Waals surface area contributed by atoms with Crippen molar-refractivity contribution in [3.63, 3.8) is 0 Å². The third kappa shape index (κ3) is 6.17. The molecule has 0 unspecified atom stereocenters. The second-order valence-electron chi connectivity index (χ2n) is 6.91. The number of piperazine rings is 1. The van der Waals surface area contributed by atoms with Crippen molar-refractivity contribution in [1.82, 2.24) is 20.0 Å². The van der Waals surface area contributed by atoms with Gasteiger partial charge in [0.1, 0.15) is 0 Å². The Morgan fingerprint density at radius 2 is 1.59 bits per heavy atom. The summed E-state index contributed by atoms with van der Waals surface area (Å²) in [7, 11) is 0. The van der Waals surface area contributed by atoms with Crippen molar-refractivity contribution in [2.24, 2.45) is 0 Å². The van der Waals surface area contributed by atoms with Crippen LogP contribution < -0.4 is 5.32 Å². The minimum atomic E-state index is -0.00670. The van der Waals surface area contributed by atoms with Crippen molar-refractivity contribution in [1.29, 1.82) is 0 Å². The third-order valence-electron chi connectivity index (χ3n) is 4.99. The second-order valence-corrected chi connectivity index (χ2v) is 7.32. The first kappa shape index (κ1) is 20.1. The van der Waals surface area contributed by atoms with Crippen molar-refractivity contribution < 1.29 is 14.3 Å². The van der Waals surface area contributed by atoms with Crippen molar-refractivity contribution in [3.05, 3.63) is 34.9 Å². The van der Waals surface area contributed by atoms with E-state index in [1.165, 1.54) is 0 Å². The molecule has 2 amide bonds. The zero-order valence-electron chi connectivity index (χ0n) is 15.5. The second kappa shape index (κ2) is 10.0. The minimum absolute atomic E-state index is 0.00670. The van der Waals surface area contributed by atoms with E-state index in [0.717, 1.165) is 31.7 Å². The topological polar surface area (TPSA) is 65.1 Å². The molecule has 0 aliphatic carbocycles. The van der Waals surface area contributed by atoms with Crippen molar-refractivity contribution >= 4 is 23.4 Å². The fourth-order valence-corrected chi connectivity index (χ4v) is 3.51. The Bertz CT molecular complexity index is 644. The van der Waals surface area contributed by atoms with Crippen LogP contribution in [0.1, 0.15) is 5.56 Å². The molecule has 0 aromatic heterocycles. The first-order valence-electron chi connectivity index (χ1n) is 9.42. The summed E-state index contributed by atoms with van der Waals surface area (Å²) >= 11 is 6.11. The first-order chi connectivity index (χ1) is 13.1. The maximum atomic E-state index is 12.3. The average Bonchev–Trinajstić information content (AvgIpc) is 2.69. The van der Waals surface area contributed by atoms with Crippen LogP contribution in [0, 0.1) is 0 Å². The van der Waals surface area contributed by atoms with Crippen LogP contribution in [-0.2, 0) is 20.9 Å². The van der Waals surface area contributed by atoms with E-state index in [0.29, 0.717) is 51.0 Å². The first-order valence-corrected chi connectivity index (χ1v) is 9.80. The van der Waals surface area contributed by atoms with Crippen LogP contribution >= 0.6 is 11.6 Å². The van der Waals surface area contributed by atoms with E-state index in [1.807, 2.05) is 29.2 Å². The number of hydrogen-bond donors (Lipinski definition) is 1. The van der Waals surface area contributed by atoms with E-state index in [1.54, 1.807) is 0 Å². The average molecular weight is 395 g/mol. The van der Waals surface area contributed by atoms with Gasteiger partial charge < -0.3 is 15.0 Å².